The van der Waals surface area contributed by atoms with Gasteiger partial charge < -0.3 is 10.1 Å². The molecule has 1 rings (SSSR count). The van der Waals surface area contributed by atoms with Crippen molar-refractivity contribution in [2.24, 2.45) is 0 Å². The molecule has 0 saturated carbocycles. The monoisotopic (exact) mass is 249 g/mol. The van der Waals surface area contributed by atoms with E-state index in [0.29, 0.717) is 6.04 Å². The van der Waals surface area contributed by atoms with Gasteiger partial charge in [-0.05, 0) is 56.9 Å². The summed E-state index contributed by atoms with van der Waals surface area (Å²) in [6.45, 7) is 11.7. The Morgan fingerprint density at radius 2 is 1.61 bits per heavy atom. The highest BCUT2D eigenvalue weighted by Gasteiger charge is 2.08. The van der Waals surface area contributed by atoms with Crippen LogP contribution in [-0.4, -0.2) is 18.7 Å². The maximum Gasteiger partial charge on any atom is 0.120 e. The molecule has 1 atom stereocenters. The van der Waals surface area contributed by atoms with E-state index in [4.69, 9.17) is 4.74 Å². The van der Waals surface area contributed by atoms with Gasteiger partial charge in [0.1, 0.15) is 11.9 Å². The molecule has 1 N–H and O–H groups in total. The fourth-order valence-corrected chi connectivity index (χ4v) is 2.18. The van der Waals surface area contributed by atoms with E-state index < -0.39 is 0 Å². The molecule has 18 heavy (non-hydrogen) atoms. The third-order valence-electron chi connectivity index (χ3n) is 3.21. The van der Waals surface area contributed by atoms with E-state index in [1.54, 1.807) is 0 Å². The summed E-state index contributed by atoms with van der Waals surface area (Å²) in [5.74, 6) is 0.978. The van der Waals surface area contributed by atoms with E-state index in [1.807, 2.05) is 0 Å². The number of ether oxygens (including phenoxy) is 1. The molecule has 0 amide bonds. The average molecular weight is 249 g/mol. The molecule has 0 spiro atoms. The molecule has 0 saturated heterocycles. The predicted molar refractivity (Wildman–Crippen MR) is 78.4 cm³/mol. The minimum atomic E-state index is 0.201. The molecule has 0 aliphatic carbocycles. The Balaban J connectivity index is 2.46. The zero-order valence-corrected chi connectivity index (χ0v) is 12.4. The van der Waals surface area contributed by atoms with Crippen LogP contribution in [0.5, 0.6) is 5.75 Å². The smallest absolute Gasteiger partial charge is 0.120 e. The lowest BCUT2D eigenvalue weighted by atomic mass is 10.1. The molecule has 0 aromatic heterocycles. The molecule has 0 aliphatic rings. The zero-order chi connectivity index (χ0) is 13.5. The minimum absolute atomic E-state index is 0.201. The number of hydrogen-bond donors (Lipinski definition) is 1. The molecule has 1 aromatic carbocycles. The third-order valence-corrected chi connectivity index (χ3v) is 3.21. The van der Waals surface area contributed by atoms with E-state index in [-0.39, 0.29) is 6.10 Å². The summed E-state index contributed by atoms with van der Waals surface area (Å²) in [5, 5.41) is 3.54. The van der Waals surface area contributed by atoms with Crippen LogP contribution >= 0.6 is 0 Å². The molecule has 2 heteroatoms. The zero-order valence-electron chi connectivity index (χ0n) is 12.4. The van der Waals surface area contributed by atoms with E-state index in [0.717, 1.165) is 12.3 Å². The van der Waals surface area contributed by atoms with E-state index in [2.05, 4.69) is 58.1 Å². The molecule has 0 aliphatic heterocycles. The molecule has 2 nitrogen and oxygen atoms in total. The van der Waals surface area contributed by atoms with Crippen LogP contribution in [-0.2, 0) is 0 Å². The second kappa shape index (κ2) is 7.42. The maximum atomic E-state index is 5.95. The summed E-state index contributed by atoms with van der Waals surface area (Å²) in [6.07, 6.45) is 2.55. The van der Waals surface area contributed by atoms with Gasteiger partial charge in [-0.25, -0.2) is 0 Å². The van der Waals surface area contributed by atoms with Gasteiger partial charge in [-0.3, -0.25) is 0 Å². The Bertz CT molecular complexity index is 338. The predicted octanol–water partition coefficient (Wildman–Crippen LogP) is 3.85. The van der Waals surface area contributed by atoms with Crippen molar-refractivity contribution in [2.45, 2.75) is 59.6 Å². The van der Waals surface area contributed by atoms with E-state index in [1.165, 1.54) is 24.0 Å². The molecule has 1 aromatic rings. The first-order valence-corrected chi connectivity index (χ1v) is 7.03. The average Bonchev–Trinajstić information content (AvgIpc) is 2.28. The summed E-state index contributed by atoms with van der Waals surface area (Å²) in [7, 11) is 0. The van der Waals surface area contributed by atoms with Crippen LogP contribution in [0.25, 0.3) is 0 Å². The van der Waals surface area contributed by atoms with Crippen molar-refractivity contribution in [3.63, 3.8) is 0 Å². The van der Waals surface area contributed by atoms with Crippen LogP contribution in [0, 0.1) is 13.8 Å². The van der Waals surface area contributed by atoms with Gasteiger partial charge in [0.2, 0.25) is 0 Å². The van der Waals surface area contributed by atoms with E-state index in [9.17, 15) is 0 Å². The standard InChI is InChI=1S/C16H27NO/c1-6-15(7-2)17-11-14(5)18-16-9-12(3)8-13(4)10-16/h8-10,14-15,17H,6-7,11H2,1-5H3. The largest absolute Gasteiger partial charge is 0.489 e. The summed E-state index contributed by atoms with van der Waals surface area (Å²) >= 11 is 0. The van der Waals surface area contributed by atoms with Crippen LogP contribution in [0.4, 0.5) is 0 Å². The van der Waals surface area contributed by atoms with Gasteiger partial charge >= 0.3 is 0 Å². The fraction of sp³-hybridized carbons (Fsp3) is 0.625. The lowest BCUT2D eigenvalue weighted by Crippen LogP contribution is -2.36. The van der Waals surface area contributed by atoms with Crippen LogP contribution in [0.3, 0.4) is 0 Å². The van der Waals surface area contributed by atoms with Gasteiger partial charge in [0.05, 0.1) is 0 Å². The Hall–Kier alpha value is -1.02. The van der Waals surface area contributed by atoms with Gasteiger partial charge in [-0.15, -0.1) is 0 Å². The molecular formula is C16H27NO. The molecule has 102 valence electrons. The van der Waals surface area contributed by atoms with Gasteiger partial charge in [0.25, 0.3) is 0 Å². The van der Waals surface area contributed by atoms with E-state index >= 15 is 0 Å². The van der Waals surface area contributed by atoms with Crippen molar-refractivity contribution >= 4 is 0 Å². The van der Waals surface area contributed by atoms with Gasteiger partial charge in [0.15, 0.2) is 0 Å². The van der Waals surface area contributed by atoms with Gasteiger partial charge in [-0.2, -0.15) is 0 Å². The Kier molecular flexibility index (Phi) is 6.20. The highest BCUT2D eigenvalue weighted by molar-refractivity contribution is 5.33. The van der Waals surface area contributed by atoms with Gasteiger partial charge in [-0.1, -0.05) is 19.9 Å². The number of nitrogens with one attached hydrogen (secondary N) is 1. The molecule has 0 fully saturated rings. The SMILES string of the molecule is CCC(CC)NCC(C)Oc1cc(C)cc(C)c1. The highest BCUT2D eigenvalue weighted by Crippen LogP contribution is 2.17. The van der Waals surface area contributed by atoms with Crippen molar-refractivity contribution in [1.29, 1.82) is 0 Å². The Morgan fingerprint density at radius 1 is 1.06 bits per heavy atom. The first-order valence-electron chi connectivity index (χ1n) is 7.03. The number of rotatable bonds is 7. The number of aryl methyl sites for hydroxylation is 2. The second-order valence-electron chi connectivity index (χ2n) is 5.17. The van der Waals surface area contributed by atoms with Crippen LogP contribution in [0.15, 0.2) is 18.2 Å². The highest BCUT2D eigenvalue weighted by atomic mass is 16.5. The van der Waals surface area contributed by atoms with Crippen LogP contribution in [0.1, 0.15) is 44.7 Å². The molecule has 0 heterocycles. The summed E-state index contributed by atoms with van der Waals surface area (Å²) in [6, 6.07) is 6.97. The summed E-state index contributed by atoms with van der Waals surface area (Å²) < 4.78 is 5.95. The molecule has 0 bridgehead atoms. The van der Waals surface area contributed by atoms with Crippen molar-refractivity contribution in [2.75, 3.05) is 6.54 Å². The maximum absolute atomic E-state index is 5.95. The van der Waals surface area contributed by atoms with Crippen molar-refractivity contribution in [3.8, 4) is 5.75 Å². The summed E-state index contributed by atoms with van der Waals surface area (Å²) in [5.41, 5.74) is 2.51. The quantitative estimate of drug-likeness (QED) is 0.792. The normalized spacial score (nSPS) is 12.8. The first-order chi connectivity index (χ1) is 8.55. The second-order valence-corrected chi connectivity index (χ2v) is 5.17. The number of benzene rings is 1. The Morgan fingerprint density at radius 3 is 2.11 bits per heavy atom. The fourth-order valence-electron chi connectivity index (χ4n) is 2.18. The van der Waals surface area contributed by atoms with Crippen molar-refractivity contribution in [1.82, 2.24) is 5.32 Å². The first kappa shape index (κ1) is 15.0. The van der Waals surface area contributed by atoms with Crippen molar-refractivity contribution in [3.05, 3.63) is 29.3 Å². The van der Waals surface area contributed by atoms with Gasteiger partial charge in [0, 0.05) is 12.6 Å². The summed E-state index contributed by atoms with van der Waals surface area (Å²) in [4.78, 5) is 0. The number of hydrogen-bond acceptors (Lipinski definition) is 2. The molecular weight excluding hydrogens is 222 g/mol. The minimum Gasteiger partial charge on any atom is -0.489 e. The topological polar surface area (TPSA) is 21.3 Å². The lowest BCUT2D eigenvalue weighted by Gasteiger charge is -2.20. The third kappa shape index (κ3) is 5.09. The van der Waals surface area contributed by atoms with Crippen molar-refractivity contribution < 1.29 is 4.74 Å². The van der Waals surface area contributed by atoms with Crippen LogP contribution < -0.4 is 10.1 Å². The molecule has 0 radical (unpaired) electrons. The van der Waals surface area contributed by atoms with Crippen LogP contribution in [0.2, 0.25) is 0 Å². The molecule has 1 unspecified atom stereocenters. The Labute approximate surface area is 112 Å². The lowest BCUT2D eigenvalue weighted by molar-refractivity contribution is 0.210.